The maximum absolute atomic E-state index is 13.3. The van der Waals surface area contributed by atoms with E-state index in [2.05, 4.69) is 11.4 Å². The topological polar surface area (TPSA) is 118 Å². The Balaban J connectivity index is 1.58. The first kappa shape index (κ1) is 24.6. The van der Waals surface area contributed by atoms with E-state index < -0.39 is 17.7 Å². The molecular weight excluding hydrogens is 460 g/mol. The fourth-order valence-corrected chi connectivity index (χ4v) is 4.03. The molecule has 184 valence electrons. The van der Waals surface area contributed by atoms with Crippen LogP contribution in [0, 0.1) is 11.3 Å². The number of nitrogens with one attached hydrogen (secondary N) is 1. The van der Waals surface area contributed by atoms with E-state index in [4.69, 9.17) is 19.5 Å². The Hall–Kier alpha value is -4.51. The number of hydrogen-bond acceptors (Lipinski definition) is 6. The number of carbonyl (C=O) groups is 2. The number of ether oxygens (including phenoxy) is 3. The van der Waals surface area contributed by atoms with Gasteiger partial charge in [-0.05, 0) is 67.9 Å². The number of fused-ring (bicyclic) bond motifs is 1. The summed E-state index contributed by atoms with van der Waals surface area (Å²) in [6.07, 6.45) is 0.0186. The lowest BCUT2D eigenvalue weighted by Crippen LogP contribution is -2.48. The van der Waals surface area contributed by atoms with Gasteiger partial charge in [0, 0.05) is 18.1 Å². The summed E-state index contributed by atoms with van der Waals surface area (Å²) in [6.45, 7) is 3.35. The van der Waals surface area contributed by atoms with Crippen LogP contribution in [0.1, 0.15) is 59.5 Å². The predicted molar refractivity (Wildman–Crippen MR) is 131 cm³/mol. The van der Waals surface area contributed by atoms with E-state index in [1.54, 1.807) is 63.4 Å². The van der Waals surface area contributed by atoms with Gasteiger partial charge < -0.3 is 24.6 Å². The fourth-order valence-electron chi connectivity index (χ4n) is 4.03. The summed E-state index contributed by atoms with van der Waals surface area (Å²) in [6, 6.07) is 20.2. The van der Waals surface area contributed by atoms with Crippen molar-refractivity contribution < 1.29 is 28.9 Å². The number of rotatable bonds is 7. The molecule has 2 atom stereocenters. The molecule has 1 heterocycles. The molecule has 1 aliphatic rings. The summed E-state index contributed by atoms with van der Waals surface area (Å²) in [5.41, 5.74) is 1.08. The maximum Gasteiger partial charge on any atom is 0.335 e. The predicted octanol–water partition coefficient (Wildman–Crippen LogP) is 4.80. The van der Waals surface area contributed by atoms with Crippen molar-refractivity contribution in [1.82, 2.24) is 5.32 Å². The van der Waals surface area contributed by atoms with E-state index in [1.165, 1.54) is 12.1 Å². The van der Waals surface area contributed by atoms with E-state index in [1.807, 2.05) is 12.1 Å². The standard InChI is InChI=1S/C28H26N2O6/c1-28(2,36-20-10-4-17(16-29)5-11-20)27(33)30-23-15-24(18-6-8-19(9-7-18)26(31)32)35-25-14-21(34-3)12-13-22(23)25/h4-14,23-24H,15H2,1-3H3,(H,30,33)(H,31,32)/t23-,24-/m1/s1. The van der Waals surface area contributed by atoms with Crippen LogP contribution in [-0.4, -0.2) is 29.7 Å². The normalized spacial score (nSPS) is 16.6. The highest BCUT2D eigenvalue weighted by molar-refractivity contribution is 5.87. The van der Waals surface area contributed by atoms with Gasteiger partial charge in [0.05, 0.1) is 30.3 Å². The van der Waals surface area contributed by atoms with E-state index in [9.17, 15) is 14.7 Å². The number of carboxylic acids is 1. The molecular formula is C28H26N2O6. The molecule has 4 rings (SSSR count). The molecule has 8 heteroatoms. The summed E-state index contributed by atoms with van der Waals surface area (Å²) in [5, 5.41) is 21.3. The molecule has 1 amide bonds. The van der Waals surface area contributed by atoms with Gasteiger partial charge in [0.1, 0.15) is 23.4 Å². The van der Waals surface area contributed by atoms with E-state index in [0.29, 0.717) is 29.2 Å². The first-order valence-electron chi connectivity index (χ1n) is 11.4. The number of benzene rings is 3. The van der Waals surface area contributed by atoms with Crippen molar-refractivity contribution in [3.05, 3.63) is 89.0 Å². The molecule has 1 aliphatic heterocycles. The average molecular weight is 487 g/mol. The Labute approximate surface area is 209 Å². The smallest absolute Gasteiger partial charge is 0.335 e. The van der Waals surface area contributed by atoms with Crippen LogP contribution in [0.3, 0.4) is 0 Å². The van der Waals surface area contributed by atoms with Crippen LogP contribution >= 0.6 is 0 Å². The highest BCUT2D eigenvalue weighted by Crippen LogP contribution is 2.42. The molecule has 0 aromatic heterocycles. The number of aromatic carboxylic acids is 1. The van der Waals surface area contributed by atoms with E-state index >= 15 is 0 Å². The van der Waals surface area contributed by atoms with Gasteiger partial charge in [-0.2, -0.15) is 5.26 Å². The van der Waals surface area contributed by atoms with Crippen LogP contribution in [-0.2, 0) is 4.79 Å². The average Bonchev–Trinajstić information content (AvgIpc) is 2.88. The second-order valence-corrected chi connectivity index (χ2v) is 8.95. The van der Waals surface area contributed by atoms with Crippen molar-refractivity contribution in [2.45, 2.75) is 38.0 Å². The summed E-state index contributed by atoms with van der Waals surface area (Å²) in [4.78, 5) is 24.6. The van der Waals surface area contributed by atoms with Gasteiger partial charge in [0.25, 0.3) is 5.91 Å². The highest BCUT2D eigenvalue weighted by Gasteiger charge is 2.36. The minimum absolute atomic E-state index is 0.184. The van der Waals surface area contributed by atoms with Crippen molar-refractivity contribution in [3.63, 3.8) is 0 Å². The molecule has 0 saturated carbocycles. The van der Waals surface area contributed by atoms with Crippen molar-refractivity contribution in [1.29, 1.82) is 5.26 Å². The Morgan fingerprint density at radius 1 is 1.06 bits per heavy atom. The number of methoxy groups -OCH3 is 1. The molecule has 0 aliphatic carbocycles. The second-order valence-electron chi connectivity index (χ2n) is 8.95. The summed E-state index contributed by atoms with van der Waals surface area (Å²) >= 11 is 0. The van der Waals surface area contributed by atoms with Gasteiger partial charge in [0.15, 0.2) is 5.60 Å². The van der Waals surface area contributed by atoms with Gasteiger partial charge in [-0.25, -0.2) is 4.79 Å². The lowest BCUT2D eigenvalue weighted by atomic mass is 9.91. The van der Waals surface area contributed by atoms with Crippen LogP contribution in [0.2, 0.25) is 0 Å². The van der Waals surface area contributed by atoms with Gasteiger partial charge in [-0.1, -0.05) is 12.1 Å². The van der Waals surface area contributed by atoms with Gasteiger partial charge in [-0.3, -0.25) is 4.79 Å². The molecule has 0 radical (unpaired) electrons. The zero-order valence-corrected chi connectivity index (χ0v) is 20.1. The molecule has 0 saturated heterocycles. The van der Waals surface area contributed by atoms with E-state index in [0.717, 1.165) is 11.1 Å². The van der Waals surface area contributed by atoms with Gasteiger partial charge in [0.2, 0.25) is 0 Å². The number of amides is 1. The molecule has 3 aromatic carbocycles. The van der Waals surface area contributed by atoms with Crippen molar-refractivity contribution in [3.8, 4) is 23.3 Å². The molecule has 3 aromatic rings. The third-order valence-electron chi connectivity index (χ3n) is 6.05. The number of hydrogen-bond donors (Lipinski definition) is 2. The van der Waals surface area contributed by atoms with Crippen LogP contribution in [0.5, 0.6) is 17.2 Å². The van der Waals surface area contributed by atoms with Crippen LogP contribution in [0.15, 0.2) is 66.7 Å². The van der Waals surface area contributed by atoms with Crippen molar-refractivity contribution in [2.24, 2.45) is 0 Å². The number of nitrogens with zero attached hydrogens (tertiary/aromatic N) is 1. The number of carboxylic acid groups (broad SMARTS) is 1. The third-order valence-corrected chi connectivity index (χ3v) is 6.05. The largest absolute Gasteiger partial charge is 0.497 e. The van der Waals surface area contributed by atoms with Crippen LogP contribution in [0.4, 0.5) is 0 Å². The lowest BCUT2D eigenvalue weighted by Gasteiger charge is -2.35. The molecule has 36 heavy (non-hydrogen) atoms. The fraction of sp³-hybridized carbons (Fsp3) is 0.250. The van der Waals surface area contributed by atoms with Crippen molar-refractivity contribution in [2.75, 3.05) is 7.11 Å². The number of nitriles is 1. The van der Waals surface area contributed by atoms with Gasteiger partial charge >= 0.3 is 5.97 Å². The Bertz CT molecular complexity index is 1310. The molecule has 0 fully saturated rings. The third kappa shape index (κ3) is 5.26. The molecule has 2 N–H and O–H groups in total. The van der Waals surface area contributed by atoms with E-state index in [-0.39, 0.29) is 17.5 Å². The number of carbonyl (C=O) groups excluding carboxylic acids is 1. The Kier molecular flexibility index (Phi) is 6.84. The quantitative estimate of drug-likeness (QED) is 0.492. The lowest BCUT2D eigenvalue weighted by molar-refractivity contribution is -0.135. The molecule has 0 unspecified atom stereocenters. The SMILES string of the molecule is COc1ccc2c(c1)O[C@@H](c1ccc(C(=O)O)cc1)C[C@H]2NC(=O)C(C)(C)Oc1ccc(C#N)cc1. The van der Waals surface area contributed by atoms with Gasteiger partial charge in [-0.15, -0.1) is 0 Å². The maximum atomic E-state index is 13.3. The molecule has 0 spiro atoms. The Morgan fingerprint density at radius 3 is 2.33 bits per heavy atom. The first-order valence-corrected chi connectivity index (χ1v) is 11.4. The minimum atomic E-state index is -1.20. The molecule has 8 nitrogen and oxygen atoms in total. The minimum Gasteiger partial charge on any atom is -0.497 e. The monoisotopic (exact) mass is 486 g/mol. The summed E-state index contributed by atoms with van der Waals surface area (Å²) in [7, 11) is 1.56. The van der Waals surface area contributed by atoms with Crippen LogP contribution < -0.4 is 19.5 Å². The zero-order valence-electron chi connectivity index (χ0n) is 20.1. The zero-order chi connectivity index (χ0) is 25.9. The van der Waals surface area contributed by atoms with Crippen LogP contribution in [0.25, 0.3) is 0 Å². The molecule has 0 bridgehead atoms. The summed E-state index contributed by atoms with van der Waals surface area (Å²) < 4.78 is 17.5. The Morgan fingerprint density at radius 2 is 1.72 bits per heavy atom. The summed E-state index contributed by atoms with van der Waals surface area (Å²) in [5.74, 6) is 0.341. The van der Waals surface area contributed by atoms with Crippen molar-refractivity contribution >= 4 is 11.9 Å². The second kappa shape index (κ2) is 10.0. The first-order chi connectivity index (χ1) is 17.2. The highest BCUT2D eigenvalue weighted by atomic mass is 16.5.